The number of rotatable bonds is 5. The molecule has 4 rings (SSSR count). The van der Waals surface area contributed by atoms with Gasteiger partial charge in [-0.15, -0.1) is 0 Å². The van der Waals surface area contributed by atoms with Gasteiger partial charge in [0.25, 0.3) is 17.4 Å². The van der Waals surface area contributed by atoms with Crippen molar-refractivity contribution in [2.75, 3.05) is 4.90 Å². The smallest absolute Gasteiger partial charge is 0.300 e. The number of aliphatic hydroxyl groups is 1. The number of ketones is 1. The third-order valence-corrected chi connectivity index (χ3v) is 6.54. The molecule has 1 amide bonds. The van der Waals surface area contributed by atoms with E-state index in [2.05, 4.69) is 0 Å². The van der Waals surface area contributed by atoms with Crippen LogP contribution in [0.3, 0.4) is 0 Å². The minimum Gasteiger partial charge on any atom is -0.507 e. The number of Topliss-reactive ketones (excluding diaryl/α,β-unsaturated/α-hetero) is 1. The molecule has 178 valence electrons. The molecule has 3 aromatic rings. The number of aryl methyl sites for hydroxylation is 1. The largest absolute Gasteiger partial charge is 0.507 e. The maximum atomic E-state index is 13.1. The minimum atomic E-state index is -4.01. The Labute approximate surface area is 200 Å². The Morgan fingerprint density at radius 3 is 2.23 bits per heavy atom. The molecule has 1 heterocycles. The van der Waals surface area contributed by atoms with E-state index in [0.29, 0.717) is 0 Å². The van der Waals surface area contributed by atoms with Gasteiger partial charge in [0, 0.05) is 23.4 Å². The number of amides is 1. The predicted octanol–water partition coefficient (Wildman–Crippen LogP) is 3.18. The van der Waals surface area contributed by atoms with E-state index in [1.807, 2.05) is 6.92 Å². The first-order chi connectivity index (χ1) is 16.5. The SMILES string of the molecule is Cc1ccc(C(O)=C2C(=O)C(=O)N(c3ccc(S(N)(=O)=O)cc3)C2c2cccc([N+](=O)[O-])c2)cc1. The van der Waals surface area contributed by atoms with Crippen LogP contribution < -0.4 is 10.0 Å². The lowest BCUT2D eigenvalue weighted by Crippen LogP contribution is -2.29. The summed E-state index contributed by atoms with van der Waals surface area (Å²) in [5, 5.41) is 27.6. The highest BCUT2D eigenvalue weighted by Crippen LogP contribution is 2.43. The van der Waals surface area contributed by atoms with Gasteiger partial charge in [0.1, 0.15) is 5.76 Å². The van der Waals surface area contributed by atoms with E-state index in [-0.39, 0.29) is 33.0 Å². The van der Waals surface area contributed by atoms with Crippen LogP contribution in [0.1, 0.15) is 22.7 Å². The minimum absolute atomic E-state index is 0.138. The molecule has 11 heteroatoms. The highest BCUT2D eigenvalue weighted by Gasteiger charge is 2.47. The quantitative estimate of drug-likeness (QED) is 0.181. The average Bonchev–Trinajstić information content (AvgIpc) is 3.09. The molecular formula is C24H19N3O7S. The lowest BCUT2D eigenvalue weighted by molar-refractivity contribution is -0.384. The van der Waals surface area contributed by atoms with Crippen molar-refractivity contribution >= 4 is 38.8 Å². The summed E-state index contributed by atoms with van der Waals surface area (Å²) in [6.45, 7) is 1.84. The number of hydrogen-bond acceptors (Lipinski definition) is 7. The van der Waals surface area contributed by atoms with Crippen LogP contribution in [0.15, 0.2) is 83.3 Å². The molecule has 1 atom stereocenters. The van der Waals surface area contributed by atoms with Crippen LogP contribution in [0, 0.1) is 17.0 Å². The van der Waals surface area contributed by atoms with Crippen molar-refractivity contribution in [2.45, 2.75) is 17.9 Å². The standard InChI is InChI=1S/C24H19N3O7S/c1-14-5-7-15(8-6-14)22(28)20-21(16-3-2-4-18(13-16)27(31)32)26(24(30)23(20)29)17-9-11-19(12-10-17)35(25,33)34/h2-13,21,28H,1H3,(H2,25,33,34). The fourth-order valence-electron chi connectivity index (χ4n) is 3.89. The average molecular weight is 493 g/mol. The van der Waals surface area contributed by atoms with Gasteiger partial charge in [0.15, 0.2) is 0 Å². The Kier molecular flexibility index (Phi) is 5.97. The highest BCUT2D eigenvalue weighted by atomic mass is 32.2. The predicted molar refractivity (Wildman–Crippen MR) is 127 cm³/mol. The van der Waals surface area contributed by atoms with Crippen LogP contribution in [-0.4, -0.2) is 30.1 Å². The van der Waals surface area contributed by atoms with Crippen LogP contribution in [0.4, 0.5) is 11.4 Å². The number of benzene rings is 3. The molecule has 3 N–H and O–H groups in total. The van der Waals surface area contributed by atoms with Crippen molar-refractivity contribution in [3.05, 3.63) is 105 Å². The van der Waals surface area contributed by atoms with Crippen LogP contribution in [0.25, 0.3) is 5.76 Å². The molecule has 0 bridgehead atoms. The molecule has 35 heavy (non-hydrogen) atoms. The summed E-state index contributed by atoms with van der Waals surface area (Å²) in [5.41, 5.74) is 1.02. The summed E-state index contributed by atoms with van der Waals surface area (Å²) < 4.78 is 23.3. The summed E-state index contributed by atoms with van der Waals surface area (Å²) in [5.74, 6) is -2.42. The number of nitro groups is 1. The number of nitro benzene ring substituents is 1. The monoisotopic (exact) mass is 493 g/mol. The molecule has 0 saturated carbocycles. The first-order valence-electron chi connectivity index (χ1n) is 10.2. The second-order valence-electron chi connectivity index (χ2n) is 7.93. The third-order valence-electron chi connectivity index (χ3n) is 5.61. The van der Waals surface area contributed by atoms with Crippen molar-refractivity contribution in [3.63, 3.8) is 0 Å². The molecule has 1 unspecified atom stereocenters. The lowest BCUT2D eigenvalue weighted by Gasteiger charge is -2.25. The van der Waals surface area contributed by atoms with E-state index in [1.165, 1.54) is 48.5 Å². The summed E-state index contributed by atoms with van der Waals surface area (Å²) in [7, 11) is -4.01. The number of carbonyl (C=O) groups is 2. The maximum absolute atomic E-state index is 13.1. The Morgan fingerprint density at radius 2 is 1.66 bits per heavy atom. The summed E-state index contributed by atoms with van der Waals surface area (Å²) >= 11 is 0. The number of hydrogen-bond donors (Lipinski definition) is 2. The van der Waals surface area contributed by atoms with Gasteiger partial charge in [-0.1, -0.05) is 42.0 Å². The Morgan fingerprint density at radius 1 is 1.03 bits per heavy atom. The summed E-state index contributed by atoms with van der Waals surface area (Å²) in [6.07, 6.45) is 0. The number of nitrogens with zero attached hydrogens (tertiary/aromatic N) is 2. The van der Waals surface area contributed by atoms with Crippen LogP contribution in [-0.2, 0) is 19.6 Å². The number of non-ortho nitro benzene ring substituents is 1. The normalized spacial score (nSPS) is 17.5. The third kappa shape index (κ3) is 4.42. The van der Waals surface area contributed by atoms with Gasteiger partial charge >= 0.3 is 0 Å². The van der Waals surface area contributed by atoms with Gasteiger partial charge in [0.05, 0.1) is 21.4 Å². The van der Waals surface area contributed by atoms with Crippen molar-refractivity contribution in [1.82, 2.24) is 0 Å². The van der Waals surface area contributed by atoms with E-state index in [9.17, 15) is 33.2 Å². The number of nitrogens with two attached hydrogens (primary N) is 1. The molecule has 0 spiro atoms. The van der Waals surface area contributed by atoms with Gasteiger partial charge in [-0.05, 0) is 36.8 Å². The second kappa shape index (κ2) is 8.78. The van der Waals surface area contributed by atoms with E-state index >= 15 is 0 Å². The molecular weight excluding hydrogens is 474 g/mol. The number of sulfonamides is 1. The zero-order valence-electron chi connectivity index (χ0n) is 18.3. The van der Waals surface area contributed by atoms with Crippen molar-refractivity contribution in [3.8, 4) is 0 Å². The Hall–Kier alpha value is -4.35. The molecule has 0 radical (unpaired) electrons. The van der Waals surface area contributed by atoms with Crippen LogP contribution >= 0.6 is 0 Å². The molecule has 1 fully saturated rings. The molecule has 0 aromatic heterocycles. The Balaban J connectivity index is 1.95. The second-order valence-corrected chi connectivity index (χ2v) is 9.49. The molecule has 0 aliphatic carbocycles. The van der Waals surface area contributed by atoms with Gasteiger partial charge in [-0.2, -0.15) is 0 Å². The number of anilines is 1. The highest BCUT2D eigenvalue weighted by molar-refractivity contribution is 7.89. The van der Waals surface area contributed by atoms with Crippen LogP contribution in [0.5, 0.6) is 0 Å². The van der Waals surface area contributed by atoms with Crippen molar-refractivity contribution in [1.29, 1.82) is 0 Å². The number of primary sulfonamides is 1. The van der Waals surface area contributed by atoms with E-state index in [1.54, 1.807) is 24.3 Å². The van der Waals surface area contributed by atoms with E-state index in [0.717, 1.165) is 10.5 Å². The molecule has 10 nitrogen and oxygen atoms in total. The molecule has 3 aromatic carbocycles. The first-order valence-corrected chi connectivity index (χ1v) is 11.8. The summed E-state index contributed by atoms with van der Waals surface area (Å²) in [6, 6.07) is 15.7. The fourth-order valence-corrected chi connectivity index (χ4v) is 4.40. The van der Waals surface area contributed by atoms with Crippen LogP contribution in [0.2, 0.25) is 0 Å². The van der Waals surface area contributed by atoms with Gasteiger partial charge in [-0.25, -0.2) is 13.6 Å². The van der Waals surface area contributed by atoms with Gasteiger partial charge in [-0.3, -0.25) is 24.6 Å². The first kappa shape index (κ1) is 23.8. The Bertz CT molecular complexity index is 1490. The number of carbonyl (C=O) groups excluding carboxylic acids is 2. The molecule has 1 aliphatic heterocycles. The van der Waals surface area contributed by atoms with Gasteiger partial charge < -0.3 is 5.11 Å². The zero-order chi connectivity index (χ0) is 25.5. The topological polar surface area (TPSA) is 161 Å². The fraction of sp³-hybridized carbons (Fsp3) is 0.0833. The zero-order valence-corrected chi connectivity index (χ0v) is 19.1. The maximum Gasteiger partial charge on any atom is 0.300 e. The van der Waals surface area contributed by atoms with Crippen molar-refractivity contribution < 1.29 is 28.0 Å². The molecule has 1 aliphatic rings. The van der Waals surface area contributed by atoms with E-state index < -0.39 is 38.4 Å². The van der Waals surface area contributed by atoms with E-state index in [4.69, 9.17) is 5.14 Å². The van der Waals surface area contributed by atoms with Crippen molar-refractivity contribution in [2.24, 2.45) is 5.14 Å². The summed E-state index contributed by atoms with van der Waals surface area (Å²) in [4.78, 5) is 37.9. The lowest BCUT2D eigenvalue weighted by atomic mass is 9.94. The number of aliphatic hydroxyl groups excluding tert-OH is 1. The molecule has 1 saturated heterocycles. The van der Waals surface area contributed by atoms with Gasteiger partial charge in [0.2, 0.25) is 10.0 Å².